The summed E-state index contributed by atoms with van der Waals surface area (Å²) in [4.78, 5) is 140. The molecule has 0 bridgehead atoms. The molecule has 376 valence electrons. The maximum Gasteiger partial charge on any atom is 0.326 e. The number of nitrogens with zero attached hydrogens (tertiary/aromatic N) is 4. The second kappa shape index (κ2) is 25.7. The summed E-state index contributed by atoms with van der Waals surface area (Å²) in [5.41, 5.74) is 16.8. The molecule has 0 spiro atoms. The highest BCUT2D eigenvalue weighted by Gasteiger charge is 2.44. The van der Waals surface area contributed by atoms with Crippen LogP contribution in [0.25, 0.3) is 0 Å². The quantitative estimate of drug-likeness (QED) is 0.0271. The third-order valence-electron chi connectivity index (χ3n) is 12.1. The zero-order valence-electron chi connectivity index (χ0n) is 39.5. The first-order valence-corrected chi connectivity index (χ1v) is 23.1. The number of carbonyl (C=O) groups excluding carboxylic acids is 8. The van der Waals surface area contributed by atoms with Gasteiger partial charge in [-0.25, -0.2) is 4.79 Å². The number of carbonyl (C=O) groups is 10. The fraction of sp³-hybridized carbons (Fsp3) is 0.744. The lowest BCUT2D eigenvalue weighted by Gasteiger charge is -2.33. The maximum absolute atomic E-state index is 13.9. The monoisotopic (exact) mass is 949 g/mol. The first kappa shape index (κ1) is 55.3. The number of hydrogen-bond donors (Lipinski definition) is 10. The van der Waals surface area contributed by atoms with Crippen LogP contribution in [0.5, 0.6) is 0 Å². The number of hydrogen-bond acceptors (Lipinski definition) is 12. The fourth-order valence-electron chi connectivity index (χ4n) is 8.50. The second-order valence-corrected chi connectivity index (χ2v) is 18.3. The molecule has 3 saturated heterocycles. The van der Waals surface area contributed by atoms with Crippen LogP contribution in [-0.2, 0) is 47.9 Å². The molecule has 0 aliphatic carbocycles. The summed E-state index contributed by atoms with van der Waals surface area (Å²) < 4.78 is 0. The average Bonchev–Trinajstić information content (AvgIpc) is 4.06. The molecular weight excluding hydrogens is 877 g/mol. The summed E-state index contributed by atoms with van der Waals surface area (Å²) in [5, 5.41) is 31.8. The second-order valence-electron chi connectivity index (χ2n) is 18.3. The van der Waals surface area contributed by atoms with Gasteiger partial charge >= 0.3 is 11.9 Å². The number of rotatable bonds is 24. The van der Waals surface area contributed by atoms with Gasteiger partial charge in [-0.2, -0.15) is 0 Å². The predicted molar refractivity (Wildman–Crippen MR) is 242 cm³/mol. The third kappa shape index (κ3) is 16.1. The summed E-state index contributed by atoms with van der Waals surface area (Å²) in [5.74, 6) is -8.19. The van der Waals surface area contributed by atoms with Crippen LogP contribution >= 0.6 is 0 Å². The van der Waals surface area contributed by atoms with Crippen molar-refractivity contribution in [3.63, 3.8) is 0 Å². The van der Waals surface area contributed by atoms with Crippen LogP contribution in [-0.4, -0.2) is 171 Å². The lowest BCUT2D eigenvalue weighted by Crippen LogP contribution is -2.59. The van der Waals surface area contributed by atoms with Crippen molar-refractivity contribution in [3.05, 3.63) is 0 Å². The molecule has 24 heteroatoms. The Morgan fingerprint density at radius 1 is 0.627 bits per heavy atom. The van der Waals surface area contributed by atoms with Crippen molar-refractivity contribution in [2.45, 2.75) is 167 Å². The molecule has 3 fully saturated rings. The molecule has 0 unspecified atom stereocenters. The standard InChI is InChI=1S/C43H72N12O12/c1-22(2)21-28(51-35(59)26(44)11-7-17-47-43(45)46)40(64)53-18-8-12-29(53)37(61)50-27(15-16-32(56)57)36(60)48-24(5)34(58)49-25(6)39(63)55-20-10-14-31(55)41(65)54-19-9-13-30(54)38(62)52-33(23(3)4)42(66)67/h22-31,33H,7-21,44H2,1-6H3,(H,48,60)(H,49,58)(H,50,61)(H,51,59)(H,52,62)(H,56,57)(H,66,67)(H4,45,46,47)/t24-,25-,26-,27-,28-,29-,30-,31-,33-/m0/s1. The number of likely N-dealkylation sites (tertiary alicyclic amines) is 3. The van der Waals surface area contributed by atoms with Crippen LogP contribution in [0.15, 0.2) is 4.99 Å². The van der Waals surface area contributed by atoms with E-state index in [2.05, 4.69) is 31.6 Å². The topological polar surface area (TPSA) is 371 Å². The third-order valence-corrected chi connectivity index (χ3v) is 12.1. The predicted octanol–water partition coefficient (Wildman–Crippen LogP) is -2.54. The lowest BCUT2D eigenvalue weighted by atomic mass is 10.0. The van der Waals surface area contributed by atoms with Crippen molar-refractivity contribution < 1.29 is 58.2 Å². The van der Waals surface area contributed by atoms with Gasteiger partial charge in [0.25, 0.3) is 0 Å². The van der Waals surface area contributed by atoms with Crippen molar-refractivity contribution in [1.82, 2.24) is 41.3 Å². The summed E-state index contributed by atoms with van der Waals surface area (Å²) >= 11 is 0. The Morgan fingerprint density at radius 3 is 1.72 bits per heavy atom. The molecule has 0 aromatic heterocycles. The Hall–Kier alpha value is -6.07. The van der Waals surface area contributed by atoms with Crippen LogP contribution in [0, 0.1) is 11.8 Å². The van der Waals surface area contributed by atoms with Gasteiger partial charge in [0.2, 0.25) is 47.3 Å². The van der Waals surface area contributed by atoms with Crippen molar-refractivity contribution in [1.29, 1.82) is 0 Å². The van der Waals surface area contributed by atoms with Gasteiger partial charge in [-0.15, -0.1) is 0 Å². The van der Waals surface area contributed by atoms with Crippen LogP contribution in [0.3, 0.4) is 0 Å². The molecule has 0 aromatic rings. The highest BCUT2D eigenvalue weighted by molar-refractivity contribution is 5.98. The van der Waals surface area contributed by atoms with Crippen LogP contribution in [0.2, 0.25) is 0 Å². The van der Waals surface area contributed by atoms with E-state index in [4.69, 9.17) is 17.2 Å². The Labute approximate surface area is 390 Å². The highest BCUT2D eigenvalue weighted by Crippen LogP contribution is 2.26. The number of nitrogens with two attached hydrogens (primary N) is 3. The van der Waals surface area contributed by atoms with Crippen molar-refractivity contribution in [2.75, 3.05) is 26.2 Å². The van der Waals surface area contributed by atoms with E-state index in [1.54, 1.807) is 13.8 Å². The molecule has 13 N–H and O–H groups in total. The molecule has 3 aliphatic rings. The molecule has 3 aliphatic heterocycles. The normalized spacial score (nSPS) is 20.8. The average molecular weight is 949 g/mol. The van der Waals surface area contributed by atoms with Crippen LogP contribution in [0.4, 0.5) is 0 Å². The first-order valence-electron chi connectivity index (χ1n) is 23.1. The number of aliphatic imine (C=N–C) groups is 1. The van der Waals surface area contributed by atoms with Gasteiger partial charge in [0.1, 0.15) is 48.3 Å². The number of carboxylic acid groups (broad SMARTS) is 2. The molecular formula is C43H72N12O12. The van der Waals surface area contributed by atoms with Gasteiger partial charge in [0, 0.05) is 32.6 Å². The Bertz CT molecular complexity index is 1860. The minimum Gasteiger partial charge on any atom is -0.481 e. The number of aliphatic carboxylic acids is 2. The molecule has 67 heavy (non-hydrogen) atoms. The van der Waals surface area contributed by atoms with Crippen molar-refractivity contribution in [3.8, 4) is 0 Å². The minimum atomic E-state index is -1.45. The van der Waals surface area contributed by atoms with Gasteiger partial charge in [-0.05, 0) is 89.9 Å². The van der Waals surface area contributed by atoms with E-state index in [-0.39, 0.29) is 63.7 Å². The maximum atomic E-state index is 13.9. The van der Waals surface area contributed by atoms with Gasteiger partial charge in [-0.1, -0.05) is 27.7 Å². The molecule has 0 saturated carbocycles. The molecule has 0 aromatic carbocycles. The molecule has 8 amide bonds. The molecule has 24 nitrogen and oxygen atoms in total. The molecule has 3 rings (SSSR count). The SMILES string of the molecule is CC(C)C[C@H](NC(=O)[C@@H](N)CCCN=C(N)N)C(=O)N1CCC[C@H]1C(=O)N[C@@H](CCC(=O)O)C(=O)N[C@@H](C)C(=O)N[C@@H](C)C(=O)N1CCC[C@H]1C(=O)N1CCC[C@H]1C(=O)N[C@H](C(=O)O)C(C)C. The van der Waals surface area contributed by atoms with E-state index in [0.717, 1.165) is 0 Å². The number of guanidine groups is 1. The zero-order valence-corrected chi connectivity index (χ0v) is 39.5. The largest absolute Gasteiger partial charge is 0.481 e. The summed E-state index contributed by atoms with van der Waals surface area (Å²) in [6, 6.07) is -9.98. The van der Waals surface area contributed by atoms with Gasteiger partial charge in [-0.3, -0.25) is 48.1 Å². The summed E-state index contributed by atoms with van der Waals surface area (Å²) in [7, 11) is 0. The smallest absolute Gasteiger partial charge is 0.326 e. The molecule has 0 radical (unpaired) electrons. The molecule has 3 heterocycles. The fourth-order valence-corrected chi connectivity index (χ4v) is 8.50. The van der Waals surface area contributed by atoms with Crippen molar-refractivity contribution >= 4 is 65.2 Å². The number of carboxylic acids is 2. The van der Waals surface area contributed by atoms with E-state index in [1.165, 1.54) is 28.5 Å². The molecule has 9 atom stereocenters. The van der Waals surface area contributed by atoms with Crippen LogP contribution < -0.4 is 43.8 Å². The van der Waals surface area contributed by atoms with E-state index in [0.29, 0.717) is 38.5 Å². The van der Waals surface area contributed by atoms with E-state index >= 15 is 0 Å². The minimum absolute atomic E-state index is 0.0470. The lowest BCUT2D eigenvalue weighted by molar-refractivity contribution is -0.149. The Kier molecular flexibility index (Phi) is 21.2. The number of nitrogens with one attached hydrogen (secondary N) is 5. The van der Waals surface area contributed by atoms with Gasteiger partial charge in [0.15, 0.2) is 5.96 Å². The first-order chi connectivity index (χ1) is 31.4. The van der Waals surface area contributed by atoms with E-state index in [9.17, 15) is 58.2 Å². The van der Waals surface area contributed by atoms with Gasteiger partial charge in [0.05, 0.1) is 6.04 Å². The zero-order chi connectivity index (χ0) is 50.3. The Balaban J connectivity index is 1.64. The highest BCUT2D eigenvalue weighted by atomic mass is 16.4. The van der Waals surface area contributed by atoms with Crippen molar-refractivity contribution in [2.24, 2.45) is 34.0 Å². The number of amides is 8. The van der Waals surface area contributed by atoms with Crippen LogP contribution in [0.1, 0.15) is 112 Å². The Morgan fingerprint density at radius 2 is 1.16 bits per heavy atom. The summed E-state index contributed by atoms with van der Waals surface area (Å²) in [6.07, 6.45) is 2.20. The van der Waals surface area contributed by atoms with E-state index < -0.39 is 126 Å². The van der Waals surface area contributed by atoms with Gasteiger partial charge < -0.3 is 68.7 Å². The van der Waals surface area contributed by atoms with E-state index in [1.807, 2.05) is 13.8 Å². The summed E-state index contributed by atoms with van der Waals surface area (Å²) in [6.45, 7) is 10.6.